The van der Waals surface area contributed by atoms with Crippen molar-refractivity contribution in [3.05, 3.63) is 70.2 Å². The Morgan fingerprint density at radius 1 is 1.09 bits per heavy atom. The summed E-state index contributed by atoms with van der Waals surface area (Å²) in [6, 6.07) is 13.8. The molecular weight excluding hydrogens is 298 g/mol. The molecule has 0 aliphatic carbocycles. The Bertz CT molecular complexity index is 755. The third kappa shape index (κ3) is 4.47. The standard InChI is InChI=1S/C18H14ClNO2/c1-13(21)15-9-7-14(8-10-15)4-3-11-20-18(22)16-5-2-6-17(19)12-16/h2,5-10,12H,11H2,1H3,(H,20,22). The molecule has 1 amide bonds. The molecule has 4 heteroatoms. The van der Waals surface area contributed by atoms with Gasteiger partial charge in [0.1, 0.15) is 0 Å². The highest BCUT2D eigenvalue weighted by Crippen LogP contribution is 2.10. The molecule has 0 fully saturated rings. The van der Waals surface area contributed by atoms with Gasteiger partial charge in [-0.15, -0.1) is 0 Å². The molecule has 2 aromatic carbocycles. The molecule has 0 aromatic heterocycles. The van der Waals surface area contributed by atoms with Crippen molar-refractivity contribution in [2.24, 2.45) is 0 Å². The summed E-state index contributed by atoms with van der Waals surface area (Å²) in [5.74, 6) is 5.60. The van der Waals surface area contributed by atoms with Crippen molar-refractivity contribution in [3.63, 3.8) is 0 Å². The van der Waals surface area contributed by atoms with Crippen LogP contribution in [0.15, 0.2) is 48.5 Å². The average molecular weight is 312 g/mol. The number of carbonyl (C=O) groups excluding carboxylic acids is 2. The fraction of sp³-hybridized carbons (Fsp3) is 0.111. The summed E-state index contributed by atoms with van der Waals surface area (Å²) in [4.78, 5) is 23.0. The monoisotopic (exact) mass is 311 g/mol. The van der Waals surface area contributed by atoms with Gasteiger partial charge in [0, 0.05) is 21.7 Å². The topological polar surface area (TPSA) is 46.2 Å². The number of hydrogen-bond donors (Lipinski definition) is 1. The van der Waals surface area contributed by atoms with E-state index < -0.39 is 0 Å². The lowest BCUT2D eigenvalue weighted by molar-refractivity contribution is 0.0957. The van der Waals surface area contributed by atoms with Crippen molar-refractivity contribution >= 4 is 23.3 Å². The van der Waals surface area contributed by atoms with Crippen molar-refractivity contribution < 1.29 is 9.59 Å². The minimum Gasteiger partial charge on any atom is -0.341 e. The molecule has 2 aromatic rings. The SMILES string of the molecule is CC(=O)c1ccc(C#CCNC(=O)c2cccc(Cl)c2)cc1. The molecule has 1 N–H and O–H groups in total. The van der Waals surface area contributed by atoms with E-state index in [2.05, 4.69) is 17.2 Å². The zero-order valence-corrected chi connectivity index (χ0v) is 12.8. The average Bonchev–Trinajstić information content (AvgIpc) is 2.51. The largest absolute Gasteiger partial charge is 0.341 e. The Labute approximate surface area is 134 Å². The van der Waals surface area contributed by atoms with Gasteiger partial charge < -0.3 is 5.32 Å². The number of halogens is 1. The summed E-state index contributed by atoms with van der Waals surface area (Å²) in [5.41, 5.74) is 1.95. The minimum absolute atomic E-state index is 0.0216. The number of hydrogen-bond acceptors (Lipinski definition) is 2. The highest BCUT2D eigenvalue weighted by molar-refractivity contribution is 6.30. The number of Topliss-reactive ketones (excluding diaryl/α,β-unsaturated/α-hetero) is 1. The van der Waals surface area contributed by atoms with Crippen molar-refractivity contribution in [2.75, 3.05) is 6.54 Å². The van der Waals surface area contributed by atoms with Crippen molar-refractivity contribution in [1.82, 2.24) is 5.32 Å². The Balaban J connectivity index is 1.91. The van der Waals surface area contributed by atoms with Crippen LogP contribution in [0, 0.1) is 11.8 Å². The van der Waals surface area contributed by atoms with E-state index in [1.807, 2.05) is 0 Å². The summed E-state index contributed by atoms with van der Waals surface area (Å²) < 4.78 is 0. The van der Waals surface area contributed by atoms with Crippen LogP contribution in [-0.2, 0) is 0 Å². The van der Waals surface area contributed by atoms with Crippen LogP contribution in [-0.4, -0.2) is 18.2 Å². The first kappa shape index (κ1) is 15.8. The van der Waals surface area contributed by atoms with Gasteiger partial charge >= 0.3 is 0 Å². The Morgan fingerprint density at radius 2 is 1.82 bits per heavy atom. The summed E-state index contributed by atoms with van der Waals surface area (Å²) in [5, 5.41) is 3.22. The first-order chi connectivity index (χ1) is 10.6. The number of nitrogens with one attached hydrogen (secondary N) is 1. The van der Waals surface area contributed by atoms with Crippen molar-refractivity contribution in [1.29, 1.82) is 0 Å². The first-order valence-corrected chi connectivity index (χ1v) is 7.08. The molecule has 110 valence electrons. The van der Waals surface area contributed by atoms with Crippen molar-refractivity contribution in [2.45, 2.75) is 6.92 Å². The molecule has 3 nitrogen and oxygen atoms in total. The molecule has 0 spiro atoms. The number of rotatable bonds is 3. The van der Waals surface area contributed by atoms with Crippen LogP contribution in [0.3, 0.4) is 0 Å². The van der Waals surface area contributed by atoms with Gasteiger partial charge in [0.05, 0.1) is 6.54 Å². The number of benzene rings is 2. The summed E-state index contributed by atoms with van der Waals surface area (Å²) in [6.07, 6.45) is 0. The molecule has 0 atom stereocenters. The molecule has 0 saturated heterocycles. The molecule has 0 bridgehead atoms. The highest BCUT2D eigenvalue weighted by Gasteiger charge is 2.03. The Morgan fingerprint density at radius 3 is 2.45 bits per heavy atom. The Kier molecular flexibility index (Phi) is 5.35. The second-order valence-electron chi connectivity index (χ2n) is 4.63. The van der Waals surface area contributed by atoms with Crippen LogP contribution in [0.5, 0.6) is 0 Å². The fourth-order valence-electron chi connectivity index (χ4n) is 1.79. The normalized spacial score (nSPS) is 9.55. The molecular formula is C18H14ClNO2. The number of ketones is 1. The van der Waals surface area contributed by atoms with E-state index in [1.54, 1.807) is 48.5 Å². The predicted octanol–water partition coefficient (Wildman–Crippen LogP) is 3.32. The fourth-order valence-corrected chi connectivity index (χ4v) is 1.98. The number of amides is 1. The van der Waals surface area contributed by atoms with Crippen LogP contribution >= 0.6 is 11.6 Å². The van der Waals surface area contributed by atoms with Crippen LogP contribution < -0.4 is 5.32 Å². The maximum absolute atomic E-state index is 11.9. The first-order valence-electron chi connectivity index (χ1n) is 6.70. The maximum Gasteiger partial charge on any atom is 0.252 e. The Hall–Kier alpha value is -2.57. The van der Waals surface area contributed by atoms with Gasteiger partial charge in [0.2, 0.25) is 0 Å². The molecule has 0 radical (unpaired) electrons. The van der Waals surface area contributed by atoms with E-state index in [-0.39, 0.29) is 18.2 Å². The molecule has 0 aliphatic rings. The van der Waals surface area contributed by atoms with E-state index in [0.29, 0.717) is 16.1 Å². The molecule has 0 unspecified atom stereocenters. The van der Waals surface area contributed by atoms with Crippen LogP contribution in [0.1, 0.15) is 33.2 Å². The quantitative estimate of drug-likeness (QED) is 0.698. The summed E-state index contributed by atoms with van der Waals surface area (Å²) in [7, 11) is 0. The highest BCUT2D eigenvalue weighted by atomic mass is 35.5. The minimum atomic E-state index is -0.219. The molecule has 0 aliphatic heterocycles. The van der Waals surface area contributed by atoms with E-state index in [1.165, 1.54) is 6.92 Å². The van der Waals surface area contributed by atoms with Crippen LogP contribution in [0.2, 0.25) is 5.02 Å². The smallest absolute Gasteiger partial charge is 0.252 e. The second kappa shape index (κ2) is 7.44. The number of carbonyl (C=O) groups is 2. The molecule has 2 rings (SSSR count). The van der Waals surface area contributed by atoms with Crippen molar-refractivity contribution in [3.8, 4) is 11.8 Å². The van der Waals surface area contributed by atoms with Gasteiger partial charge in [0.15, 0.2) is 5.78 Å². The lowest BCUT2D eigenvalue weighted by Crippen LogP contribution is -2.23. The molecule has 22 heavy (non-hydrogen) atoms. The zero-order chi connectivity index (χ0) is 15.9. The second-order valence-corrected chi connectivity index (χ2v) is 5.06. The maximum atomic E-state index is 11.9. The third-order valence-electron chi connectivity index (χ3n) is 2.95. The van der Waals surface area contributed by atoms with Gasteiger partial charge in [-0.05, 0) is 37.3 Å². The summed E-state index contributed by atoms with van der Waals surface area (Å²) >= 11 is 5.83. The molecule has 0 heterocycles. The zero-order valence-electron chi connectivity index (χ0n) is 12.0. The van der Waals surface area contributed by atoms with Gasteiger partial charge in [-0.3, -0.25) is 9.59 Å². The lowest BCUT2D eigenvalue weighted by atomic mass is 10.1. The van der Waals surface area contributed by atoms with Gasteiger partial charge in [-0.1, -0.05) is 41.6 Å². The van der Waals surface area contributed by atoms with Gasteiger partial charge in [-0.2, -0.15) is 0 Å². The predicted molar refractivity (Wildman–Crippen MR) is 87.1 cm³/mol. The lowest BCUT2D eigenvalue weighted by Gasteiger charge is -2.01. The van der Waals surface area contributed by atoms with Gasteiger partial charge in [-0.25, -0.2) is 0 Å². The van der Waals surface area contributed by atoms with Gasteiger partial charge in [0.25, 0.3) is 5.91 Å². The van der Waals surface area contributed by atoms with E-state index >= 15 is 0 Å². The third-order valence-corrected chi connectivity index (χ3v) is 3.18. The van der Waals surface area contributed by atoms with Crippen LogP contribution in [0.25, 0.3) is 0 Å². The molecule has 0 saturated carbocycles. The van der Waals surface area contributed by atoms with E-state index in [4.69, 9.17) is 11.6 Å². The van der Waals surface area contributed by atoms with E-state index in [9.17, 15) is 9.59 Å². The summed E-state index contributed by atoms with van der Waals surface area (Å²) in [6.45, 7) is 1.76. The van der Waals surface area contributed by atoms with E-state index in [0.717, 1.165) is 5.56 Å². The van der Waals surface area contributed by atoms with Crippen LogP contribution in [0.4, 0.5) is 0 Å².